The van der Waals surface area contributed by atoms with Crippen molar-refractivity contribution in [3.63, 3.8) is 0 Å². The van der Waals surface area contributed by atoms with Crippen molar-refractivity contribution in [1.29, 1.82) is 0 Å². The van der Waals surface area contributed by atoms with Gasteiger partial charge in [0.15, 0.2) is 12.3 Å². The number of aromatic nitrogens is 2. The van der Waals surface area contributed by atoms with Gasteiger partial charge in [-0.15, -0.1) is 0 Å². The standard InChI is InChI=1S/C17H21N3O4/c1-2-3-4-7-10-20-16(22)13-9-6-5-8-12(13)15(19-20)17(23)24-11-14(18)21/h5-6,8-9H,2-4,7,10-11H2,1H3,(H2,18,21). The molecule has 2 aromatic rings. The Labute approximate surface area is 139 Å². The van der Waals surface area contributed by atoms with Crippen molar-refractivity contribution in [2.75, 3.05) is 6.61 Å². The number of nitrogens with two attached hydrogens (primary N) is 1. The summed E-state index contributed by atoms with van der Waals surface area (Å²) in [4.78, 5) is 35.5. The third-order valence-corrected chi connectivity index (χ3v) is 3.63. The highest BCUT2D eigenvalue weighted by Gasteiger charge is 2.18. The predicted molar refractivity (Wildman–Crippen MR) is 89.6 cm³/mol. The van der Waals surface area contributed by atoms with Crippen molar-refractivity contribution in [2.45, 2.75) is 39.2 Å². The molecule has 7 nitrogen and oxygen atoms in total. The molecule has 7 heteroatoms. The Bertz CT molecular complexity index is 798. The van der Waals surface area contributed by atoms with Gasteiger partial charge in [0.25, 0.3) is 11.5 Å². The van der Waals surface area contributed by atoms with Crippen LogP contribution in [0.3, 0.4) is 0 Å². The lowest BCUT2D eigenvalue weighted by Gasteiger charge is -2.10. The fourth-order valence-electron chi connectivity index (χ4n) is 2.43. The maximum absolute atomic E-state index is 12.5. The molecule has 0 aliphatic heterocycles. The Morgan fingerprint density at radius 2 is 1.88 bits per heavy atom. The highest BCUT2D eigenvalue weighted by Crippen LogP contribution is 2.14. The number of carbonyl (C=O) groups is 2. The number of ether oxygens (including phenoxy) is 1. The van der Waals surface area contributed by atoms with Crippen molar-refractivity contribution in [1.82, 2.24) is 9.78 Å². The Morgan fingerprint density at radius 3 is 2.54 bits per heavy atom. The number of primary amides is 1. The van der Waals surface area contributed by atoms with E-state index in [2.05, 4.69) is 12.0 Å². The fourth-order valence-corrected chi connectivity index (χ4v) is 2.43. The molecule has 1 aromatic carbocycles. The summed E-state index contributed by atoms with van der Waals surface area (Å²) >= 11 is 0. The monoisotopic (exact) mass is 331 g/mol. The second kappa shape index (κ2) is 8.24. The smallest absolute Gasteiger partial charge is 0.359 e. The molecule has 0 aliphatic rings. The molecule has 1 amide bonds. The number of rotatable bonds is 8. The summed E-state index contributed by atoms with van der Waals surface area (Å²) in [5, 5.41) is 4.96. The van der Waals surface area contributed by atoms with Gasteiger partial charge in [0.2, 0.25) is 0 Å². The van der Waals surface area contributed by atoms with Crippen LogP contribution in [0.15, 0.2) is 29.1 Å². The highest BCUT2D eigenvalue weighted by molar-refractivity contribution is 6.02. The number of hydrogen-bond acceptors (Lipinski definition) is 5. The summed E-state index contributed by atoms with van der Waals surface area (Å²) in [6.07, 6.45) is 3.95. The largest absolute Gasteiger partial charge is 0.451 e. The van der Waals surface area contributed by atoms with Gasteiger partial charge in [0, 0.05) is 11.9 Å². The summed E-state index contributed by atoms with van der Waals surface area (Å²) in [5.74, 6) is -1.52. The quantitative estimate of drug-likeness (QED) is 0.584. The van der Waals surface area contributed by atoms with E-state index < -0.39 is 18.5 Å². The Balaban J connectivity index is 2.37. The first kappa shape index (κ1) is 17.7. The molecule has 0 aliphatic carbocycles. The van der Waals surface area contributed by atoms with Crippen molar-refractivity contribution in [2.24, 2.45) is 5.73 Å². The van der Waals surface area contributed by atoms with E-state index in [-0.39, 0.29) is 11.3 Å². The minimum atomic E-state index is -0.771. The lowest BCUT2D eigenvalue weighted by molar-refractivity contribution is -0.121. The van der Waals surface area contributed by atoms with E-state index in [9.17, 15) is 14.4 Å². The third-order valence-electron chi connectivity index (χ3n) is 3.63. The summed E-state index contributed by atoms with van der Waals surface area (Å²) in [6.45, 7) is 2.01. The molecule has 0 saturated carbocycles. The van der Waals surface area contributed by atoms with E-state index in [1.807, 2.05) is 0 Å². The molecule has 0 spiro atoms. The number of hydrogen-bond donors (Lipinski definition) is 1. The molecular weight excluding hydrogens is 310 g/mol. The molecule has 24 heavy (non-hydrogen) atoms. The molecule has 0 fully saturated rings. The molecule has 0 unspecified atom stereocenters. The van der Waals surface area contributed by atoms with Gasteiger partial charge in [0.05, 0.1) is 5.39 Å². The molecule has 1 heterocycles. The zero-order valence-corrected chi connectivity index (χ0v) is 13.7. The van der Waals surface area contributed by atoms with E-state index in [0.29, 0.717) is 17.3 Å². The molecule has 2 rings (SSSR count). The number of nitrogens with zero attached hydrogens (tertiary/aromatic N) is 2. The van der Waals surface area contributed by atoms with Gasteiger partial charge >= 0.3 is 5.97 Å². The van der Waals surface area contributed by atoms with Crippen molar-refractivity contribution in [3.05, 3.63) is 40.3 Å². The first-order valence-electron chi connectivity index (χ1n) is 8.00. The minimum Gasteiger partial charge on any atom is -0.451 e. The molecule has 128 valence electrons. The van der Waals surface area contributed by atoms with E-state index in [1.54, 1.807) is 24.3 Å². The maximum atomic E-state index is 12.5. The average molecular weight is 331 g/mol. The second-order valence-corrected chi connectivity index (χ2v) is 5.53. The molecule has 0 bridgehead atoms. The average Bonchev–Trinajstić information content (AvgIpc) is 2.58. The zero-order valence-electron chi connectivity index (χ0n) is 13.7. The summed E-state index contributed by atoms with van der Waals surface area (Å²) < 4.78 is 6.13. The molecular formula is C17H21N3O4. The van der Waals surface area contributed by atoms with E-state index >= 15 is 0 Å². The van der Waals surface area contributed by atoms with Gasteiger partial charge in [-0.05, 0) is 12.5 Å². The van der Waals surface area contributed by atoms with Crippen molar-refractivity contribution >= 4 is 22.6 Å². The highest BCUT2D eigenvalue weighted by atomic mass is 16.5. The van der Waals surface area contributed by atoms with Gasteiger partial charge in [-0.25, -0.2) is 9.48 Å². The minimum absolute atomic E-state index is 0.0157. The first-order chi connectivity index (χ1) is 11.5. The van der Waals surface area contributed by atoms with Gasteiger partial charge < -0.3 is 10.5 Å². The molecule has 0 radical (unpaired) electrons. The maximum Gasteiger partial charge on any atom is 0.359 e. The molecule has 2 N–H and O–H groups in total. The van der Waals surface area contributed by atoms with Crippen LogP contribution in [-0.2, 0) is 16.1 Å². The summed E-state index contributed by atoms with van der Waals surface area (Å²) in [5.41, 5.74) is 4.76. The van der Waals surface area contributed by atoms with Gasteiger partial charge in [0.1, 0.15) is 0 Å². The Hall–Kier alpha value is -2.70. The predicted octanol–water partition coefficient (Wildman–Crippen LogP) is 1.62. The molecule has 0 saturated heterocycles. The van der Waals surface area contributed by atoms with Crippen LogP contribution in [0.1, 0.15) is 43.1 Å². The van der Waals surface area contributed by atoms with Crippen LogP contribution in [0.5, 0.6) is 0 Å². The number of fused-ring (bicyclic) bond motifs is 1. The lowest BCUT2D eigenvalue weighted by Crippen LogP contribution is -2.28. The Morgan fingerprint density at radius 1 is 1.17 bits per heavy atom. The van der Waals surface area contributed by atoms with E-state index in [1.165, 1.54) is 4.68 Å². The van der Waals surface area contributed by atoms with Crippen LogP contribution in [-0.4, -0.2) is 28.3 Å². The number of esters is 1. The third kappa shape index (κ3) is 4.18. The van der Waals surface area contributed by atoms with Crippen LogP contribution in [0, 0.1) is 0 Å². The normalized spacial score (nSPS) is 10.7. The number of carbonyl (C=O) groups excluding carboxylic acids is 2. The van der Waals surface area contributed by atoms with Crippen LogP contribution >= 0.6 is 0 Å². The molecule has 1 aromatic heterocycles. The van der Waals surface area contributed by atoms with Gasteiger partial charge in [-0.2, -0.15) is 5.10 Å². The van der Waals surface area contributed by atoms with E-state index in [0.717, 1.165) is 25.7 Å². The van der Waals surface area contributed by atoms with Crippen LogP contribution in [0.2, 0.25) is 0 Å². The molecule has 0 atom stereocenters. The second-order valence-electron chi connectivity index (χ2n) is 5.53. The van der Waals surface area contributed by atoms with Gasteiger partial charge in [-0.3, -0.25) is 9.59 Å². The number of benzene rings is 1. The van der Waals surface area contributed by atoms with Crippen molar-refractivity contribution in [3.8, 4) is 0 Å². The lowest BCUT2D eigenvalue weighted by atomic mass is 10.1. The Kier molecular flexibility index (Phi) is 6.06. The summed E-state index contributed by atoms with van der Waals surface area (Å²) in [7, 11) is 0. The number of unbranched alkanes of at least 4 members (excludes halogenated alkanes) is 3. The van der Waals surface area contributed by atoms with E-state index in [4.69, 9.17) is 10.5 Å². The number of aryl methyl sites for hydroxylation is 1. The van der Waals surface area contributed by atoms with Crippen LogP contribution in [0.25, 0.3) is 10.8 Å². The summed E-state index contributed by atoms with van der Waals surface area (Å²) in [6, 6.07) is 6.71. The topological polar surface area (TPSA) is 104 Å². The fraction of sp³-hybridized carbons (Fsp3) is 0.412. The SMILES string of the molecule is CCCCCCn1nc(C(=O)OCC(N)=O)c2ccccc2c1=O. The van der Waals surface area contributed by atoms with Crippen molar-refractivity contribution < 1.29 is 14.3 Å². The van der Waals surface area contributed by atoms with Crippen LogP contribution < -0.4 is 11.3 Å². The van der Waals surface area contributed by atoms with Gasteiger partial charge in [-0.1, -0.05) is 44.4 Å². The number of amides is 1. The van der Waals surface area contributed by atoms with Crippen LogP contribution in [0.4, 0.5) is 0 Å². The zero-order chi connectivity index (χ0) is 17.5. The first-order valence-corrected chi connectivity index (χ1v) is 8.00.